The minimum atomic E-state index is 0.120. The number of halogens is 1. The van der Waals surface area contributed by atoms with Crippen molar-refractivity contribution in [1.29, 1.82) is 0 Å². The van der Waals surface area contributed by atoms with E-state index in [-0.39, 0.29) is 6.04 Å². The van der Waals surface area contributed by atoms with Crippen LogP contribution in [0.15, 0.2) is 16.7 Å². The zero-order valence-corrected chi connectivity index (χ0v) is 10.2. The van der Waals surface area contributed by atoms with E-state index in [0.717, 1.165) is 17.9 Å². The van der Waals surface area contributed by atoms with E-state index in [1.807, 2.05) is 6.07 Å². The van der Waals surface area contributed by atoms with Crippen molar-refractivity contribution in [3.8, 4) is 0 Å². The largest absolute Gasteiger partial charge is 0.453 e. The molecule has 1 atom stereocenters. The Hall–Kier alpha value is -0.510. The van der Waals surface area contributed by atoms with Gasteiger partial charge in [0.1, 0.15) is 0 Å². The molecule has 4 heteroatoms. The lowest BCUT2D eigenvalue weighted by molar-refractivity contribution is 0.300. The fourth-order valence-electron chi connectivity index (χ4n) is 2.59. The minimum Gasteiger partial charge on any atom is -0.453 e. The molecule has 0 aliphatic heterocycles. The minimum absolute atomic E-state index is 0.120. The predicted molar refractivity (Wildman–Crippen MR) is 65.0 cm³/mol. The zero-order chi connectivity index (χ0) is 11.4. The van der Waals surface area contributed by atoms with Crippen LogP contribution in [0.3, 0.4) is 0 Å². The first kappa shape index (κ1) is 12.0. The summed E-state index contributed by atoms with van der Waals surface area (Å²) in [5.74, 6) is 6.36. The van der Waals surface area contributed by atoms with Crippen molar-refractivity contribution in [2.45, 2.75) is 44.6 Å². The summed E-state index contributed by atoms with van der Waals surface area (Å²) in [5.41, 5.74) is 3.83. The lowest BCUT2D eigenvalue weighted by Gasteiger charge is -2.25. The van der Waals surface area contributed by atoms with E-state index in [4.69, 9.17) is 21.9 Å². The molecule has 0 radical (unpaired) electrons. The van der Waals surface area contributed by atoms with Gasteiger partial charge in [-0.05, 0) is 30.0 Å². The van der Waals surface area contributed by atoms with Crippen LogP contribution in [-0.2, 0) is 0 Å². The molecule has 0 saturated heterocycles. The van der Waals surface area contributed by atoms with E-state index in [0.29, 0.717) is 5.22 Å². The van der Waals surface area contributed by atoms with Gasteiger partial charge in [0, 0.05) is 5.56 Å². The third-order valence-electron chi connectivity index (χ3n) is 3.52. The molecular weight excluding hydrogens is 224 g/mol. The molecule has 0 amide bonds. The lowest BCUT2D eigenvalue weighted by Crippen LogP contribution is -2.30. The topological polar surface area (TPSA) is 51.2 Å². The predicted octanol–water partition coefficient (Wildman–Crippen LogP) is 3.41. The summed E-state index contributed by atoms with van der Waals surface area (Å²) in [6.07, 6.45) is 9.37. The van der Waals surface area contributed by atoms with E-state index < -0.39 is 0 Å². The highest BCUT2D eigenvalue weighted by molar-refractivity contribution is 6.29. The van der Waals surface area contributed by atoms with E-state index >= 15 is 0 Å². The van der Waals surface area contributed by atoms with E-state index in [9.17, 15) is 0 Å². The number of hydrogen-bond acceptors (Lipinski definition) is 3. The van der Waals surface area contributed by atoms with Gasteiger partial charge in [0.15, 0.2) is 5.22 Å². The van der Waals surface area contributed by atoms with Gasteiger partial charge in [-0.3, -0.25) is 11.3 Å². The summed E-state index contributed by atoms with van der Waals surface area (Å²) in [6, 6.07) is 2.02. The van der Waals surface area contributed by atoms with Crippen molar-refractivity contribution in [2.24, 2.45) is 11.8 Å². The van der Waals surface area contributed by atoms with Crippen molar-refractivity contribution in [3.05, 3.63) is 23.1 Å². The quantitative estimate of drug-likeness (QED) is 0.629. The second-order valence-electron chi connectivity index (χ2n) is 4.61. The fraction of sp³-hybridized carbons (Fsp3) is 0.667. The lowest BCUT2D eigenvalue weighted by atomic mass is 9.84. The van der Waals surface area contributed by atoms with Gasteiger partial charge in [0.05, 0.1) is 12.3 Å². The van der Waals surface area contributed by atoms with Gasteiger partial charge < -0.3 is 4.42 Å². The summed E-state index contributed by atoms with van der Waals surface area (Å²) in [5, 5.41) is 0.457. The third-order valence-corrected chi connectivity index (χ3v) is 3.82. The molecule has 0 aromatic carbocycles. The molecule has 1 aromatic rings. The van der Waals surface area contributed by atoms with Crippen LogP contribution in [0.25, 0.3) is 0 Å². The smallest absolute Gasteiger partial charge is 0.197 e. The van der Waals surface area contributed by atoms with Gasteiger partial charge in [-0.25, -0.2) is 0 Å². The highest BCUT2D eigenvalue weighted by Crippen LogP contribution is 2.34. The summed E-state index contributed by atoms with van der Waals surface area (Å²) >= 11 is 5.97. The number of furan rings is 1. The van der Waals surface area contributed by atoms with Crippen LogP contribution in [0.2, 0.25) is 5.22 Å². The molecule has 90 valence electrons. The third kappa shape index (κ3) is 2.78. The average Bonchev–Trinajstić information content (AvgIpc) is 2.74. The molecule has 16 heavy (non-hydrogen) atoms. The Labute approximate surface area is 101 Å². The average molecular weight is 243 g/mol. The number of nitrogens with two attached hydrogens (primary N) is 1. The van der Waals surface area contributed by atoms with Crippen molar-refractivity contribution in [2.75, 3.05) is 0 Å². The molecule has 2 rings (SSSR count). The normalized spacial score (nSPS) is 19.9. The molecule has 1 heterocycles. The molecule has 1 aliphatic rings. The van der Waals surface area contributed by atoms with Gasteiger partial charge in [-0.1, -0.05) is 32.1 Å². The molecule has 3 nitrogen and oxygen atoms in total. The molecule has 1 aliphatic carbocycles. The summed E-state index contributed by atoms with van der Waals surface area (Å²) < 4.78 is 5.11. The number of rotatable bonds is 4. The van der Waals surface area contributed by atoms with Crippen LogP contribution in [0, 0.1) is 5.92 Å². The Bertz CT molecular complexity index is 321. The first-order valence-electron chi connectivity index (χ1n) is 6.00. The second kappa shape index (κ2) is 5.71. The Kier molecular flexibility index (Phi) is 4.27. The number of hydrazine groups is 1. The first-order chi connectivity index (χ1) is 7.81. The summed E-state index contributed by atoms with van der Waals surface area (Å²) in [6.45, 7) is 0. The molecule has 3 N–H and O–H groups in total. The summed E-state index contributed by atoms with van der Waals surface area (Å²) in [4.78, 5) is 0. The van der Waals surface area contributed by atoms with Gasteiger partial charge in [0.25, 0.3) is 0 Å². The monoisotopic (exact) mass is 242 g/mol. The van der Waals surface area contributed by atoms with Crippen LogP contribution >= 0.6 is 11.6 Å². The maximum Gasteiger partial charge on any atom is 0.197 e. The molecular formula is C12H19ClN2O. The Morgan fingerprint density at radius 1 is 1.44 bits per heavy atom. The maximum absolute atomic E-state index is 5.97. The Balaban J connectivity index is 1.97. The van der Waals surface area contributed by atoms with Crippen molar-refractivity contribution >= 4 is 11.6 Å². The van der Waals surface area contributed by atoms with Crippen molar-refractivity contribution in [1.82, 2.24) is 5.43 Å². The van der Waals surface area contributed by atoms with E-state index in [1.165, 1.54) is 32.1 Å². The standard InChI is InChI=1S/C12H19ClN2O/c13-12-10(6-7-16-12)11(15-14)8-9-4-2-1-3-5-9/h6-7,9,11,15H,1-5,8,14H2. The zero-order valence-electron chi connectivity index (χ0n) is 9.42. The van der Waals surface area contributed by atoms with E-state index in [2.05, 4.69) is 5.43 Å². The highest BCUT2D eigenvalue weighted by Gasteiger charge is 2.22. The number of hydrogen-bond donors (Lipinski definition) is 2. The van der Waals surface area contributed by atoms with Crippen LogP contribution in [-0.4, -0.2) is 0 Å². The van der Waals surface area contributed by atoms with Crippen LogP contribution in [0.4, 0.5) is 0 Å². The van der Waals surface area contributed by atoms with Crippen LogP contribution < -0.4 is 11.3 Å². The second-order valence-corrected chi connectivity index (χ2v) is 4.95. The van der Waals surface area contributed by atoms with Crippen LogP contribution in [0.1, 0.15) is 50.1 Å². The maximum atomic E-state index is 5.97. The Morgan fingerprint density at radius 3 is 2.75 bits per heavy atom. The van der Waals surface area contributed by atoms with E-state index in [1.54, 1.807) is 6.26 Å². The molecule has 1 saturated carbocycles. The van der Waals surface area contributed by atoms with Crippen molar-refractivity contribution < 1.29 is 4.42 Å². The van der Waals surface area contributed by atoms with Gasteiger partial charge >= 0.3 is 0 Å². The molecule has 0 spiro atoms. The fourth-order valence-corrected chi connectivity index (χ4v) is 2.84. The molecule has 1 unspecified atom stereocenters. The van der Waals surface area contributed by atoms with Gasteiger partial charge in [-0.15, -0.1) is 0 Å². The highest BCUT2D eigenvalue weighted by atomic mass is 35.5. The van der Waals surface area contributed by atoms with Gasteiger partial charge in [-0.2, -0.15) is 0 Å². The molecule has 1 aromatic heterocycles. The Morgan fingerprint density at radius 2 is 2.19 bits per heavy atom. The van der Waals surface area contributed by atoms with Crippen LogP contribution in [0.5, 0.6) is 0 Å². The first-order valence-corrected chi connectivity index (χ1v) is 6.38. The molecule has 1 fully saturated rings. The number of nitrogens with one attached hydrogen (secondary N) is 1. The molecule has 0 bridgehead atoms. The SMILES string of the molecule is NNC(CC1CCCCC1)c1ccoc1Cl. The van der Waals surface area contributed by atoms with Crippen molar-refractivity contribution in [3.63, 3.8) is 0 Å². The van der Waals surface area contributed by atoms with Gasteiger partial charge in [0.2, 0.25) is 0 Å². The summed E-state index contributed by atoms with van der Waals surface area (Å²) in [7, 11) is 0.